The standard InChI is InChI=1S/C8H11FN2O2S/c9-7-2-1-3-8(6-7)11-4-5-14(10,12)13/h1-3,6,11H,4-5H2,(H2,10,12,13). The number of nitrogens with one attached hydrogen (secondary N) is 1. The lowest BCUT2D eigenvalue weighted by molar-refractivity contribution is 0.598. The topological polar surface area (TPSA) is 72.2 Å². The van der Waals surface area contributed by atoms with E-state index in [2.05, 4.69) is 5.32 Å². The molecule has 0 fully saturated rings. The second-order valence-electron chi connectivity index (χ2n) is 2.80. The Kier molecular flexibility index (Phi) is 3.43. The van der Waals surface area contributed by atoms with Gasteiger partial charge in [0.1, 0.15) is 5.82 Å². The van der Waals surface area contributed by atoms with Gasteiger partial charge < -0.3 is 5.32 Å². The Morgan fingerprint density at radius 3 is 2.71 bits per heavy atom. The quantitative estimate of drug-likeness (QED) is 0.774. The fourth-order valence-electron chi connectivity index (χ4n) is 0.936. The first kappa shape index (κ1) is 10.9. The summed E-state index contributed by atoms with van der Waals surface area (Å²) in [5, 5.41) is 7.53. The van der Waals surface area contributed by atoms with Crippen molar-refractivity contribution < 1.29 is 12.8 Å². The molecule has 6 heteroatoms. The predicted octanol–water partition coefficient (Wildman–Crippen LogP) is 0.526. The molecule has 1 aromatic rings. The first-order chi connectivity index (χ1) is 6.47. The van der Waals surface area contributed by atoms with Crippen LogP contribution >= 0.6 is 0 Å². The maximum atomic E-state index is 12.6. The van der Waals surface area contributed by atoms with Crippen LogP contribution in [-0.2, 0) is 10.0 Å². The van der Waals surface area contributed by atoms with Crippen molar-refractivity contribution in [3.8, 4) is 0 Å². The van der Waals surface area contributed by atoms with Gasteiger partial charge in [-0.25, -0.2) is 17.9 Å². The molecular formula is C8H11FN2O2S. The van der Waals surface area contributed by atoms with Crippen molar-refractivity contribution in [1.29, 1.82) is 0 Å². The number of sulfonamides is 1. The molecule has 0 unspecified atom stereocenters. The molecule has 0 aliphatic carbocycles. The van der Waals surface area contributed by atoms with Gasteiger partial charge in [0, 0.05) is 12.2 Å². The van der Waals surface area contributed by atoms with Crippen molar-refractivity contribution in [2.75, 3.05) is 17.6 Å². The molecule has 0 aliphatic heterocycles. The van der Waals surface area contributed by atoms with E-state index in [1.54, 1.807) is 6.07 Å². The molecule has 0 atom stereocenters. The highest BCUT2D eigenvalue weighted by molar-refractivity contribution is 7.89. The van der Waals surface area contributed by atoms with Crippen molar-refractivity contribution in [2.24, 2.45) is 5.14 Å². The fourth-order valence-corrected chi connectivity index (χ4v) is 1.32. The van der Waals surface area contributed by atoms with Crippen LogP contribution in [0.25, 0.3) is 0 Å². The summed E-state index contributed by atoms with van der Waals surface area (Å²) in [6.07, 6.45) is 0. The Morgan fingerprint density at radius 1 is 1.43 bits per heavy atom. The average molecular weight is 218 g/mol. The minimum atomic E-state index is -3.46. The Morgan fingerprint density at radius 2 is 2.14 bits per heavy atom. The summed E-state index contributed by atoms with van der Waals surface area (Å²) >= 11 is 0. The third-order valence-electron chi connectivity index (χ3n) is 1.54. The summed E-state index contributed by atoms with van der Waals surface area (Å²) in [6, 6.07) is 5.77. The highest BCUT2D eigenvalue weighted by Crippen LogP contribution is 2.08. The predicted molar refractivity (Wildman–Crippen MR) is 52.9 cm³/mol. The second-order valence-corrected chi connectivity index (χ2v) is 4.54. The number of benzene rings is 1. The zero-order chi connectivity index (χ0) is 10.6. The van der Waals surface area contributed by atoms with Gasteiger partial charge >= 0.3 is 0 Å². The van der Waals surface area contributed by atoms with Gasteiger partial charge in [-0.15, -0.1) is 0 Å². The van der Waals surface area contributed by atoms with Gasteiger partial charge in [0.25, 0.3) is 0 Å². The molecule has 0 saturated carbocycles. The van der Waals surface area contributed by atoms with Crippen LogP contribution in [0.5, 0.6) is 0 Å². The lowest BCUT2D eigenvalue weighted by Gasteiger charge is -2.04. The van der Waals surface area contributed by atoms with Crippen LogP contribution in [0, 0.1) is 5.82 Å². The number of primary sulfonamides is 1. The molecule has 1 rings (SSSR count). The molecule has 0 saturated heterocycles. The van der Waals surface area contributed by atoms with Crippen LogP contribution in [0.2, 0.25) is 0 Å². The highest BCUT2D eigenvalue weighted by Gasteiger charge is 2.01. The van der Waals surface area contributed by atoms with E-state index in [0.29, 0.717) is 5.69 Å². The minimum Gasteiger partial charge on any atom is -0.384 e. The molecule has 78 valence electrons. The van der Waals surface area contributed by atoms with Gasteiger partial charge in [-0.1, -0.05) is 6.07 Å². The van der Waals surface area contributed by atoms with Crippen molar-refractivity contribution in [2.45, 2.75) is 0 Å². The Balaban J connectivity index is 2.47. The Labute approximate surface area is 82.0 Å². The number of rotatable bonds is 4. The van der Waals surface area contributed by atoms with Crippen LogP contribution in [0.1, 0.15) is 0 Å². The summed E-state index contributed by atoms with van der Waals surface area (Å²) in [7, 11) is -3.46. The van der Waals surface area contributed by atoms with E-state index in [-0.39, 0.29) is 18.1 Å². The smallest absolute Gasteiger partial charge is 0.210 e. The highest BCUT2D eigenvalue weighted by atomic mass is 32.2. The molecule has 4 nitrogen and oxygen atoms in total. The van der Waals surface area contributed by atoms with Crippen LogP contribution in [0.3, 0.4) is 0 Å². The van der Waals surface area contributed by atoms with Gasteiger partial charge in [-0.05, 0) is 18.2 Å². The molecule has 0 radical (unpaired) electrons. The number of halogens is 1. The van der Waals surface area contributed by atoms with Gasteiger partial charge in [0.2, 0.25) is 10.0 Å². The van der Waals surface area contributed by atoms with E-state index in [4.69, 9.17) is 5.14 Å². The SMILES string of the molecule is NS(=O)(=O)CCNc1cccc(F)c1. The molecule has 1 aromatic carbocycles. The summed E-state index contributed by atoms with van der Waals surface area (Å²) in [5.74, 6) is -0.547. The minimum absolute atomic E-state index is 0.169. The van der Waals surface area contributed by atoms with Crippen molar-refractivity contribution >= 4 is 15.7 Å². The first-order valence-electron chi connectivity index (χ1n) is 3.97. The van der Waals surface area contributed by atoms with E-state index < -0.39 is 10.0 Å². The van der Waals surface area contributed by atoms with Gasteiger partial charge in [-0.2, -0.15) is 0 Å². The maximum absolute atomic E-state index is 12.6. The largest absolute Gasteiger partial charge is 0.384 e. The van der Waals surface area contributed by atoms with Gasteiger partial charge in [-0.3, -0.25) is 0 Å². The Hall–Kier alpha value is -1.14. The summed E-state index contributed by atoms with van der Waals surface area (Å²) in [5.41, 5.74) is 0.536. The average Bonchev–Trinajstić information content (AvgIpc) is 2.01. The van der Waals surface area contributed by atoms with Crippen molar-refractivity contribution in [3.63, 3.8) is 0 Å². The summed E-state index contributed by atoms with van der Waals surface area (Å²) in [4.78, 5) is 0. The molecule has 0 bridgehead atoms. The van der Waals surface area contributed by atoms with Crippen LogP contribution in [-0.4, -0.2) is 20.7 Å². The van der Waals surface area contributed by atoms with E-state index in [9.17, 15) is 12.8 Å². The van der Waals surface area contributed by atoms with Crippen molar-refractivity contribution in [1.82, 2.24) is 0 Å². The third kappa shape index (κ3) is 4.20. The number of nitrogens with two attached hydrogens (primary N) is 1. The normalized spacial score (nSPS) is 11.3. The molecule has 3 N–H and O–H groups in total. The van der Waals surface area contributed by atoms with Gasteiger partial charge in [0.15, 0.2) is 0 Å². The third-order valence-corrected chi connectivity index (χ3v) is 2.31. The monoisotopic (exact) mass is 218 g/mol. The van der Waals surface area contributed by atoms with E-state index in [1.165, 1.54) is 18.2 Å². The first-order valence-corrected chi connectivity index (χ1v) is 5.69. The van der Waals surface area contributed by atoms with Gasteiger partial charge in [0.05, 0.1) is 5.75 Å². The molecule has 0 amide bonds. The molecule has 0 aromatic heterocycles. The van der Waals surface area contributed by atoms with E-state index in [0.717, 1.165) is 0 Å². The second kappa shape index (κ2) is 4.39. The summed E-state index contributed by atoms with van der Waals surface area (Å²) in [6.45, 7) is 0.169. The maximum Gasteiger partial charge on any atom is 0.210 e. The molecule has 14 heavy (non-hydrogen) atoms. The number of hydrogen-bond donors (Lipinski definition) is 2. The van der Waals surface area contributed by atoms with Crippen LogP contribution in [0.4, 0.5) is 10.1 Å². The van der Waals surface area contributed by atoms with Crippen LogP contribution < -0.4 is 10.5 Å². The number of anilines is 1. The van der Waals surface area contributed by atoms with E-state index >= 15 is 0 Å². The molecule has 0 heterocycles. The zero-order valence-corrected chi connectivity index (χ0v) is 8.22. The summed E-state index contributed by atoms with van der Waals surface area (Å²) < 4.78 is 33.7. The lowest BCUT2D eigenvalue weighted by atomic mass is 10.3. The molecule has 0 aliphatic rings. The number of hydrogen-bond acceptors (Lipinski definition) is 3. The molecular weight excluding hydrogens is 207 g/mol. The molecule has 0 spiro atoms. The lowest BCUT2D eigenvalue weighted by Crippen LogP contribution is -2.22. The van der Waals surface area contributed by atoms with Crippen molar-refractivity contribution in [3.05, 3.63) is 30.1 Å². The van der Waals surface area contributed by atoms with E-state index in [1.807, 2.05) is 0 Å². The Bertz CT molecular complexity index is 406. The zero-order valence-electron chi connectivity index (χ0n) is 7.40. The fraction of sp³-hybridized carbons (Fsp3) is 0.250. The van der Waals surface area contributed by atoms with Crippen LogP contribution in [0.15, 0.2) is 24.3 Å².